The van der Waals surface area contributed by atoms with E-state index in [9.17, 15) is 4.79 Å². The van der Waals surface area contributed by atoms with Gasteiger partial charge in [-0.25, -0.2) is 4.68 Å². The van der Waals surface area contributed by atoms with E-state index in [-0.39, 0.29) is 5.56 Å². The van der Waals surface area contributed by atoms with E-state index in [0.717, 1.165) is 22.4 Å². The van der Waals surface area contributed by atoms with Crippen molar-refractivity contribution in [2.24, 2.45) is 0 Å². The largest absolute Gasteiger partial charge is 0.493 e. The highest BCUT2D eigenvalue weighted by molar-refractivity contribution is 7.15. The Morgan fingerprint density at radius 2 is 1.71 bits per heavy atom. The SMILES string of the molecule is COc1ccc(-c2nn(-c3ccccc3)cc2C=c2sc3nc(-c4cccc(Cl)c4)nn3c2=O)cc1OC. The highest BCUT2D eigenvalue weighted by Crippen LogP contribution is 2.33. The molecule has 0 saturated heterocycles. The number of ether oxygens (including phenoxy) is 2. The van der Waals surface area contributed by atoms with Crippen molar-refractivity contribution in [3.8, 4) is 39.8 Å². The van der Waals surface area contributed by atoms with Crippen LogP contribution >= 0.6 is 22.9 Å². The number of rotatable bonds is 6. The van der Waals surface area contributed by atoms with Crippen LogP contribution in [0.15, 0.2) is 83.8 Å². The van der Waals surface area contributed by atoms with E-state index >= 15 is 0 Å². The van der Waals surface area contributed by atoms with Crippen molar-refractivity contribution in [1.82, 2.24) is 24.4 Å². The molecule has 0 amide bonds. The molecule has 0 aliphatic rings. The zero-order valence-electron chi connectivity index (χ0n) is 20.3. The molecule has 0 saturated carbocycles. The Morgan fingerprint density at radius 3 is 2.45 bits per heavy atom. The molecule has 0 aliphatic carbocycles. The van der Waals surface area contributed by atoms with Gasteiger partial charge in [0.15, 0.2) is 17.3 Å². The molecule has 0 unspecified atom stereocenters. The number of nitrogens with zero attached hydrogens (tertiary/aromatic N) is 5. The third kappa shape index (κ3) is 4.31. The molecule has 6 rings (SSSR count). The van der Waals surface area contributed by atoms with E-state index in [0.29, 0.717) is 37.5 Å². The second-order valence-electron chi connectivity index (χ2n) is 8.34. The van der Waals surface area contributed by atoms with Gasteiger partial charge in [-0.15, -0.1) is 5.10 Å². The summed E-state index contributed by atoms with van der Waals surface area (Å²) in [6.45, 7) is 0. The Bertz CT molecular complexity index is 1900. The molecule has 3 aromatic heterocycles. The van der Waals surface area contributed by atoms with Gasteiger partial charge in [-0.05, 0) is 48.5 Å². The van der Waals surface area contributed by atoms with Gasteiger partial charge < -0.3 is 9.47 Å². The van der Waals surface area contributed by atoms with Gasteiger partial charge in [0, 0.05) is 27.9 Å². The minimum absolute atomic E-state index is 0.253. The molecule has 38 heavy (non-hydrogen) atoms. The maximum atomic E-state index is 13.3. The number of hydrogen-bond acceptors (Lipinski definition) is 7. The Morgan fingerprint density at radius 1 is 0.895 bits per heavy atom. The molecule has 0 radical (unpaired) electrons. The van der Waals surface area contributed by atoms with E-state index < -0.39 is 0 Å². The van der Waals surface area contributed by atoms with Crippen LogP contribution in [-0.4, -0.2) is 38.6 Å². The fraction of sp³-hybridized carbons (Fsp3) is 0.0714. The molecule has 0 N–H and O–H groups in total. The van der Waals surface area contributed by atoms with Gasteiger partial charge in [0.25, 0.3) is 5.56 Å². The van der Waals surface area contributed by atoms with Crippen LogP contribution in [0.25, 0.3) is 39.4 Å². The van der Waals surface area contributed by atoms with E-state index in [1.54, 1.807) is 31.0 Å². The Hall–Kier alpha value is -4.47. The summed E-state index contributed by atoms with van der Waals surface area (Å²) in [5, 5.41) is 9.87. The number of para-hydroxylation sites is 1. The van der Waals surface area contributed by atoms with Gasteiger partial charge >= 0.3 is 0 Å². The average molecular weight is 542 g/mol. The second kappa shape index (κ2) is 9.77. The zero-order valence-corrected chi connectivity index (χ0v) is 21.9. The zero-order chi connectivity index (χ0) is 26.2. The third-order valence-corrected chi connectivity index (χ3v) is 7.17. The summed E-state index contributed by atoms with van der Waals surface area (Å²) in [5.74, 6) is 1.65. The summed E-state index contributed by atoms with van der Waals surface area (Å²) in [4.78, 5) is 18.4. The van der Waals surface area contributed by atoms with Gasteiger partial charge in [0.1, 0.15) is 5.69 Å². The number of halogens is 1. The smallest absolute Gasteiger partial charge is 0.291 e. The van der Waals surface area contributed by atoms with Gasteiger partial charge in [0.2, 0.25) is 4.96 Å². The molecule has 0 fully saturated rings. The molecule has 0 spiro atoms. The predicted molar refractivity (Wildman–Crippen MR) is 148 cm³/mol. The van der Waals surface area contributed by atoms with Gasteiger partial charge in [-0.3, -0.25) is 4.79 Å². The normalized spacial score (nSPS) is 11.8. The number of hydrogen-bond donors (Lipinski definition) is 0. The molecular weight excluding hydrogens is 522 g/mol. The summed E-state index contributed by atoms with van der Waals surface area (Å²) in [6.07, 6.45) is 3.72. The Balaban J connectivity index is 1.49. The monoisotopic (exact) mass is 541 g/mol. The predicted octanol–water partition coefficient (Wildman–Crippen LogP) is 4.89. The quantitative estimate of drug-likeness (QED) is 0.298. The van der Waals surface area contributed by atoms with Crippen molar-refractivity contribution in [2.45, 2.75) is 0 Å². The van der Waals surface area contributed by atoms with E-state index in [2.05, 4.69) is 10.1 Å². The molecule has 0 bridgehead atoms. The number of fused-ring (bicyclic) bond motifs is 1. The van der Waals surface area contributed by atoms with Crippen LogP contribution in [0.2, 0.25) is 5.02 Å². The molecule has 8 nitrogen and oxygen atoms in total. The van der Waals surface area contributed by atoms with Crippen molar-refractivity contribution < 1.29 is 9.47 Å². The average Bonchev–Trinajstić information content (AvgIpc) is 3.64. The lowest BCUT2D eigenvalue weighted by Gasteiger charge is -2.09. The first-order chi connectivity index (χ1) is 18.5. The molecular formula is C28H20ClN5O3S. The summed E-state index contributed by atoms with van der Waals surface area (Å²) in [5.41, 5.74) is 3.66. The molecule has 0 atom stereocenters. The van der Waals surface area contributed by atoms with E-state index in [1.165, 1.54) is 15.9 Å². The first-order valence-corrected chi connectivity index (χ1v) is 12.8. The van der Waals surface area contributed by atoms with Gasteiger partial charge in [-0.2, -0.15) is 14.6 Å². The minimum atomic E-state index is -0.253. The van der Waals surface area contributed by atoms with Crippen LogP contribution in [0.4, 0.5) is 0 Å². The van der Waals surface area contributed by atoms with Crippen molar-refractivity contribution in [1.29, 1.82) is 0 Å². The van der Waals surface area contributed by atoms with Crippen LogP contribution in [0, 0.1) is 0 Å². The second-order valence-corrected chi connectivity index (χ2v) is 9.78. The van der Waals surface area contributed by atoms with Crippen molar-refractivity contribution in [3.63, 3.8) is 0 Å². The maximum Gasteiger partial charge on any atom is 0.291 e. The summed E-state index contributed by atoms with van der Waals surface area (Å²) < 4.78 is 14.5. The Kier molecular flexibility index (Phi) is 6.15. The summed E-state index contributed by atoms with van der Waals surface area (Å²) >= 11 is 7.38. The molecule has 6 aromatic rings. The first-order valence-electron chi connectivity index (χ1n) is 11.6. The lowest BCUT2D eigenvalue weighted by atomic mass is 10.1. The maximum absolute atomic E-state index is 13.3. The molecule has 10 heteroatoms. The van der Waals surface area contributed by atoms with Crippen LogP contribution < -0.4 is 19.6 Å². The van der Waals surface area contributed by atoms with Crippen LogP contribution in [-0.2, 0) is 0 Å². The number of thiazole rings is 1. The third-order valence-electron chi connectivity index (χ3n) is 5.97. The lowest BCUT2D eigenvalue weighted by Crippen LogP contribution is -2.23. The van der Waals surface area contributed by atoms with Crippen molar-refractivity contribution in [3.05, 3.63) is 104 Å². The first kappa shape index (κ1) is 23.9. The fourth-order valence-electron chi connectivity index (χ4n) is 4.14. The van der Waals surface area contributed by atoms with Crippen LogP contribution in [0.5, 0.6) is 11.5 Å². The van der Waals surface area contributed by atoms with Crippen molar-refractivity contribution in [2.75, 3.05) is 14.2 Å². The van der Waals surface area contributed by atoms with Gasteiger partial charge in [0.05, 0.1) is 24.4 Å². The van der Waals surface area contributed by atoms with E-state index in [4.69, 9.17) is 26.2 Å². The number of aromatic nitrogens is 5. The van der Waals surface area contributed by atoms with Crippen molar-refractivity contribution >= 4 is 34.0 Å². The molecule has 3 heterocycles. The van der Waals surface area contributed by atoms with Gasteiger partial charge in [-0.1, -0.05) is 53.3 Å². The number of methoxy groups -OCH3 is 2. The highest BCUT2D eigenvalue weighted by Gasteiger charge is 2.16. The lowest BCUT2D eigenvalue weighted by molar-refractivity contribution is 0.355. The Labute approximate surface area is 226 Å². The van der Waals surface area contributed by atoms with Crippen LogP contribution in [0.1, 0.15) is 5.56 Å². The molecule has 0 aliphatic heterocycles. The minimum Gasteiger partial charge on any atom is -0.493 e. The topological polar surface area (TPSA) is 83.5 Å². The summed E-state index contributed by atoms with van der Waals surface area (Å²) in [7, 11) is 3.18. The number of benzene rings is 3. The fourth-order valence-corrected chi connectivity index (χ4v) is 5.23. The highest BCUT2D eigenvalue weighted by atomic mass is 35.5. The summed E-state index contributed by atoms with van der Waals surface area (Å²) in [6, 6.07) is 22.6. The van der Waals surface area contributed by atoms with Crippen LogP contribution in [0.3, 0.4) is 0 Å². The van der Waals surface area contributed by atoms with E-state index in [1.807, 2.05) is 72.9 Å². The molecule has 3 aromatic carbocycles. The standard InChI is InChI=1S/C28H20ClN5O3S/c1-36-22-12-11-17(14-23(22)37-2)25-19(16-33(31-25)21-9-4-3-5-10-21)15-24-27(35)34-28(38-24)30-26(32-34)18-7-6-8-20(29)13-18/h3-16H,1-2H3. The molecule has 188 valence electrons.